The number of pyridine rings is 1. The Labute approximate surface area is 148 Å². The average molecular weight is 343 g/mol. The van der Waals surface area contributed by atoms with E-state index in [4.69, 9.17) is 14.0 Å². The first-order valence-electron chi connectivity index (χ1n) is 8.50. The first-order valence-corrected chi connectivity index (χ1v) is 8.50. The van der Waals surface area contributed by atoms with Gasteiger partial charge in [-0.1, -0.05) is 13.0 Å². The molecule has 4 nitrogen and oxygen atoms in total. The van der Waals surface area contributed by atoms with Gasteiger partial charge < -0.3 is 14.0 Å². The fourth-order valence-corrected chi connectivity index (χ4v) is 2.57. The van der Waals surface area contributed by atoms with Crippen molar-refractivity contribution in [1.29, 1.82) is 0 Å². The number of hydrogen-bond acceptors (Lipinski definition) is 4. The number of nitrogens with zero attached hydrogens (tertiary/aromatic N) is 1. The van der Waals surface area contributed by atoms with Crippen LogP contribution in [0.5, 0.6) is 11.5 Å². The van der Waals surface area contributed by atoms with E-state index < -0.39 is 24.1 Å². The lowest BCUT2D eigenvalue weighted by molar-refractivity contribution is 0.00578. The first kappa shape index (κ1) is 17.9. The molecule has 0 unspecified atom stereocenters. The van der Waals surface area contributed by atoms with Crippen LogP contribution >= 0.6 is 0 Å². The SMILES string of the molecule is CCc1cc(Oc2ccc(B3OC(C)(C)C(C)(C)O3)cc2F)ccn1. The third kappa shape index (κ3) is 3.55. The van der Waals surface area contributed by atoms with Gasteiger partial charge in [-0.2, -0.15) is 0 Å². The fourth-order valence-electron chi connectivity index (χ4n) is 2.57. The molecule has 0 atom stereocenters. The van der Waals surface area contributed by atoms with E-state index in [1.165, 1.54) is 6.07 Å². The molecule has 1 fully saturated rings. The Morgan fingerprint density at radius 3 is 2.36 bits per heavy atom. The number of rotatable bonds is 4. The number of benzene rings is 1. The van der Waals surface area contributed by atoms with Gasteiger partial charge in [0.25, 0.3) is 0 Å². The predicted molar refractivity (Wildman–Crippen MR) is 95.8 cm³/mol. The van der Waals surface area contributed by atoms with E-state index in [1.54, 1.807) is 24.4 Å². The van der Waals surface area contributed by atoms with Crippen molar-refractivity contribution in [3.63, 3.8) is 0 Å². The molecule has 1 aliphatic heterocycles. The monoisotopic (exact) mass is 343 g/mol. The molecule has 132 valence electrons. The van der Waals surface area contributed by atoms with Gasteiger partial charge >= 0.3 is 7.12 Å². The van der Waals surface area contributed by atoms with Crippen molar-refractivity contribution in [3.8, 4) is 11.5 Å². The quantitative estimate of drug-likeness (QED) is 0.790. The maximum absolute atomic E-state index is 14.5. The van der Waals surface area contributed by atoms with Crippen molar-refractivity contribution < 1.29 is 18.4 Å². The topological polar surface area (TPSA) is 40.6 Å². The van der Waals surface area contributed by atoms with E-state index in [0.717, 1.165) is 12.1 Å². The van der Waals surface area contributed by atoms with Gasteiger partial charge in [0, 0.05) is 18.0 Å². The molecule has 25 heavy (non-hydrogen) atoms. The van der Waals surface area contributed by atoms with Gasteiger partial charge in [0.1, 0.15) is 5.75 Å². The molecule has 1 saturated heterocycles. The van der Waals surface area contributed by atoms with Crippen molar-refractivity contribution in [2.75, 3.05) is 0 Å². The number of aryl methyl sites for hydroxylation is 1. The van der Waals surface area contributed by atoms with Gasteiger partial charge in [-0.05, 0) is 57.8 Å². The Morgan fingerprint density at radius 2 is 1.76 bits per heavy atom. The molecule has 1 aromatic heterocycles. The molecule has 1 aromatic carbocycles. The van der Waals surface area contributed by atoms with E-state index >= 15 is 0 Å². The third-order valence-corrected chi connectivity index (χ3v) is 4.86. The van der Waals surface area contributed by atoms with Gasteiger partial charge in [-0.25, -0.2) is 4.39 Å². The molecular weight excluding hydrogens is 320 g/mol. The zero-order valence-electron chi connectivity index (χ0n) is 15.3. The highest BCUT2D eigenvalue weighted by atomic mass is 19.1. The highest BCUT2D eigenvalue weighted by molar-refractivity contribution is 6.62. The van der Waals surface area contributed by atoms with Gasteiger partial charge in [0.15, 0.2) is 11.6 Å². The summed E-state index contributed by atoms with van der Waals surface area (Å²) in [7, 11) is -0.596. The van der Waals surface area contributed by atoms with Crippen LogP contribution in [-0.2, 0) is 15.7 Å². The summed E-state index contributed by atoms with van der Waals surface area (Å²) in [5, 5.41) is 0. The molecule has 2 heterocycles. The highest BCUT2D eigenvalue weighted by Gasteiger charge is 2.51. The van der Waals surface area contributed by atoms with Crippen LogP contribution in [0.3, 0.4) is 0 Å². The van der Waals surface area contributed by atoms with E-state index in [9.17, 15) is 4.39 Å². The van der Waals surface area contributed by atoms with Gasteiger partial charge in [-0.3, -0.25) is 4.98 Å². The van der Waals surface area contributed by atoms with Gasteiger partial charge in [0.05, 0.1) is 11.2 Å². The van der Waals surface area contributed by atoms with Crippen molar-refractivity contribution >= 4 is 12.6 Å². The summed E-state index contributed by atoms with van der Waals surface area (Å²) in [6.07, 6.45) is 2.45. The molecule has 0 N–H and O–H groups in total. The smallest absolute Gasteiger partial charge is 0.454 e. The lowest BCUT2D eigenvalue weighted by Gasteiger charge is -2.32. The lowest BCUT2D eigenvalue weighted by Crippen LogP contribution is -2.41. The van der Waals surface area contributed by atoms with Crippen LogP contribution < -0.4 is 10.2 Å². The van der Waals surface area contributed by atoms with E-state index in [2.05, 4.69) is 4.98 Å². The van der Waals surface area contributed by atoms with Crippen LogP contribution in [0.25, 0.3) is 0 Å². The largest absolute Gasteiger partial charge is 0.494 e. The molecule has 3 rings (SSSR count). The summed E-state index contributed by atoms with van der Waals surface area (Å²) in [6, 6.07) is 8.28. The number of halogens is 1. The van der Waals surface area contributed by atoms with Crippen molar-refractivity contribution in [1.82, 2.24) is 4.98 Å². The van der Waals surface area contributed by atoms with Crippen LogP contribution in [0.2, 0.25) is 0 Å². The van der Waals surface area contributed by atoms with Crippen LogP contribution in [0.15, 0.2) is 36.5 Å². The Kier molecular flexibility index (Phi) is 4.60. The minimum Gasteiger partial charge on any atom is -0.454 e. The summed E-state index contributed by atoms with van der Waals surface area (Å²) in [5.41, 5.74) is 0.604. The Morgan fingerprint density at radius 1 is 1.08 bits per heavy atom. The van der Waals surface area contributed by atoms with Crippen molar-refractivity contribution in [2.45, 2.75) is 52.2 Å². The van der Waals surface area contributed by atoms with Crippen molar-refractivity contribution in [3.05, 3.63) is 48.0 Å². The van der Waals surface area contributed by atoms with Crippen LogP contribution in [0, 0.1) is 5.82 Å². The molecule has 2 aromatic rings. The van der Waals surface area contributed by atoms with Crippen LogP contribution in [0.1, 0.15) is 40.3 Å². The predicted octanol–water partition coefficient (Wildman–Crippen LogP) is 3.87. The normalized spacial score (nSPS) is 18.4. The van der Waals surface area contributed by atoms with E-state index in [-0.39, 0.29) is 5.75 Å². The summed E-state index contributed by atoms with van der Waals surface area (Å²) in [6.45, 7) is 9.88. The Bertz CT molecular complexity index is 763. The van der Waals surface area contributed by atoms with Crippen molar-refractivity contribution in [2.24, 2.45) is 0 Å². The van der Waals surface area contributed by atoms with Crippen LogP contribution in [0.4, 0.5) is 4.39 Å². The summed E-state index contributed by atoms with van der Waals surface area (Å²) >= 11 is 0. The average Bonchev–Trinajstić information content (AvgIpc) is 2.77. The zero-order valence-corrected chi connectivity index (χ0v) is 15.3. The molecule has 0 radical (unpaired) electrons. The fraction of sp³-hybridized carbons (Fsp3) is 0.421. The standard InChI is InChI=1S/C19H23BFNO3/c1-6-14-12-15(9-10-22-14)23-17-8-7-13(11-16(17)21)20-24-18(2,3)19(4,5)25-20/h7-12H,6H2,1-5H3. The molecule has 0 spiro atoms. The second-order valence-corrected chi connectivity index (χ2v) is 7.22. The maximum atomic E-state index is 14.5. The lowest BCUT2D eigenvalue weighted by atomic mass is 9.79. The van der Waals surface area contributed by atoms with Gasteiger partial charge in [0.2, 0.25) is 0 Å². The summed E-state index contributed by atoms with van der Waals surface area (Å²) < 4.78 is 32.1. The van der Waals surface area contributed by atoms with E-state index in [0.29, 0.717) is 11.2 Å². The minimum atomic E-state index is -0.596. The second kappa shape index (κ2) is 6.43. The molecule has 0 bridgehead atoms. The third-order valence-electron chi connectivity index (χ3n) is 4.86. The van der Waals surface area contributed by atoms with Crippen LogP contribution in [-0.4, -0.2) is 23.3 Å². The minimum absolute atomic E-state index is 0.161. The molecular formula is C19H23BFNO3. The molecule has 1 aliphatic rings. The highest BCUT2D eigenvalue weighted by Crippen LogP contribution is 2.36. The van der Waals surface area contributed by atoms with E-state index in [1.807, 2.05) is 40.7 Å². The second-order valence-electron chi connectivity index (χ2n) is 7.22. The first-order chi connectivity index (χ1) is 11.7. The summed E-state index contributed by atoms with van der Waals surface area (Å²) in [4.78, 5) is 4.21. The van der Waals surface area contributed by atoms with Gasteiger partial charge in [-0.15, -0.1) is 0 Å². The number of ether oxygens (including phenoxy) is 1. The zero-order chi connectivity index (χ0) is 18.2. The molecule has 6 heteroatoms. The Hall–Kier alpha value is -1.92. The summed E-state index contributed by atoms with van der Waals surface area (Å²) in [5.74, 6) is 0.268. The number of hydrogen-bond donors (Lipinski definition) is 0. The molecule has 0 amide bonds. The number of aromatic nitrogens is 1. The molecule has 0 aliphatic carbocycles. The molecule has 0 saturated carbocycles. The Balaban J connectivity index is 1.80. The maximum Gasteiger partial charge on any atom is 0.494 e.